The van der Waals surface area contributed by atoms with E-state index in [4.69, 9.17) is 14.5 Å². The molecule has 0 radical (unpaired) electrons. The fraction of sp³-hybridized carbons (Fsp3) is 0.677. The van der Waals surface area contributed by atoms with Gasteiger partial charge in [-0.3, -0.25) is 14.9 Å². The van der Waals surface area contributed by atoms with Crippen LogP contribution in [0.15, 0.2) is 40.9 Å². The number of benzene rings is 1. The van der Waals surface area contributed by atoms with Crippen LogP contribution in [0.5, 0.6) is 0 Å². The number of hydrogen-bond donors (Lipinski definition) is 0. The monoisotopic (exact) mass is 520 g/mol. The first kappa shape index (κ1) is 25.6. The fourth-order valence-electron chi connectivity index (χ4n) is 9.34. The van der Waals surface area contributed by atoms with E-state index in [-0.39, 0.29) is 39.6 Å². The summed E-state index contributed by atoms with van der Waals surface area (Å²) in [6.45, 7) is 7.21. The highest BCUT2D eigenvalue weighted by atomic mass is 16.6. The van der Waals surface area contributed by atoms with Crippen LogP contribution in [-0.2, 0) is 14.3 Å². The fourth-order valence-corrected chi connectivity index (χ4v) is 9.34. The van der Waals surface area contributed by atoms with E-state index in [1.165, 1.54) is 50.3 Å². The highest BCUT2D eigenvalue weighted by Crippen LogP contribution is 2.67. The molecule has 1 aliphatic heterocycles. The second kappa shape index (κ2) is 9.49. The molecular weight excluding hydrogens is 480 g/mol. The van der Waals surface area contributed by atoms with Gasteiger partial charge < -0.3 is 9.47 Å². The number of esters is 1. The van der Waals surface area contributed by atoms with E-state index in [0.29, 0.717) is 30.3 Å². The number of nitrogens with zero attached hydrogens (tertiary/aromatic N) is 2. The molecule has 0 amide bonds. The van der Waals surface area contributed by atoms with Gasteiger partial charge in [-0.2, -0.15) is 0 Å². The number of carbonyl (C=O) groups is 1. The Morgan fingerprint density at radius 1 is 1.05 bits per heavy atom. The summed E-state index contributed by atoms with van der Waals surface area (Å²) < 4.78 is 11.6. The first-order valence-electron chi connectivity index (χ1n) is 14.5. The average molecular weight is 521 g/mol. The molecule has 204 valence electrons. The molecule has 0 saturated heterocycles. The Morgan fingerprint density at radius 2 is 1.82 bits per heavy atom. The number of nitro groups is 1. The number of allylic oxidation sites excluding steroid dienone is 1. The van der Waals surface area contributed by atoms with E-state index in [1.54, 1.807) is 12.1 Å². The molecule has 38 heavy (non-hydrogen) atoms. The molecule has 1 aromatic carbocycles. The highest BCUT2D eigenvalue weighted by Gasteiger charge is 2.60. The second-order valence-electron chi connectivity index (χ2n) is 12.9. The predicted octanol–water partition coefficient (Wildman–Crippen LogP) is 6.64. The number of ether oxygens (including phenoxy) is 2. The van der Waals surface area contributed by atoms with E-state index in [2.05, 4.69) is 19.9 Å². The highest BCUT2D eigenvalue weighted by molar-refractivity contribution is 5.94. The molecule has 8 atom stereocenters. The van der Waals surface area contributed by atoms with Crippen LogP contribution in [0.3, 0.4) is 0 Å². The van der Waals surface area contributed by atoms with Crippen LogP contribution in [-0.4, -0.2) is 35.5 Å². The first-order chi connectivity index (χ1) is 18.2. The van der Waals surface area contributed by atoms with Gasteiger partial charge in [-0.15, -0.1) is 0 Å². The summed E-state index contributed by atoms with van der Waals surface area (Å²) >= 11 is 0. The quantitative estimate of drug-likeness (QED) is 0.192. The minimum atomic E-state index is -0.374. The van der Waals surface area contributed by atoms with Gasteiger partial charge in [-0.1, -0.05) is 25.5 Å². The normalized spacial score (nSPS) is 40.0. The van der Waals surface area contributed by atoms with Crippen molar-refractivity contribution >= 4 is 17.6 Å². The van der Waals surface area contributed by atoms with Crippen molar-refractivity contribution in [2.24, 2.45) is 39.5 Å². The van der Waals surface area contributed by atoms with Gasteiger partial charge in [0.05, 0.1) is 17.6 Å². The van der Waals surface area contributed by atoms with E-state index in [1.807, 2.05) is 0 Å². The molecular formula is C31H40N2O5. The lowest BCUT2D eigenvalue weighted by Gasteiger charge is -2.58. The average Bonchev–Trinajstić information content (AvgIpc) is 3.26. The lowest BCUT2D eigenvalue weighted by atomic mass is 9.47. The number of non-ortho nitro benzene ring substituents is 1. The van der Waals surface area contributed by atoms with Gasteiger partial charge in [0.15, 0.2) is 0 Å². The molecule has 6 rings (SSSR count). The Morgan fingerprint density at radius 3 is 2.55 bits per heavy atom. The van der Waals surface area contributed by atoms with Crippen LogP contribution in [0.25, 0.3) is 0 Å². The summed E-state index contributed by atoms with van der Waals surface area (Å²) in [5.74, 6) is 3.17. The van der Waals surface area contributed by atoms with E-state index < -0.39 is 0 Å². The molecule has 3 saturated carbocycles. The molecule has 7 heteroatoms. The topological polar surface area (TPSA) is 91.0 Å². The lowest BCUT2D eigenvalue weighted by Crippen LogP contribution is -2.51. The van der Waals surface area contributed by atoms with Crippen LogP contribution in [0.4, 0.5) is 5.69 Å². The largest absolute Gasteiger partial charge is 0.477 e. The van der Waals surface area contributed by atoms with Crippen molar-refractivity contribution in [2.75, 3.05) is 6.61 Å². The van der Waals surface area contributed by atoms with E-state index >= 15 is 0 Å². The third-order valence-corrected chi connectivity index (χ3v) is 11.2. The molecule has 5 aliphatic rings. The van der Waals surface area contributed by atoms with Gasteiger partial charge in [0, 0.05) is 37.5 Å². The van der Waals surface area contributed by atoms with Crippen molar-refractivity contribution in [2.45, 2.75) is 90.7 Å². The second-order valence-corrected chi connectivity index (χ2v) is 12.9. The zero-order chi connectivity index (χ0) is 26.7. The third-order valence-electron chi connectivity index (χ3n) is 11.2. The lowest BCUT2D eigenvalue weighted by molar-refractivity contribution is -0.384. The number of aliphatic imine (C=N–C) groups is 1. The standard InChI is InChI=1S/C31H40N2O5/c1-19(34)38-23-12-15-30(2)21(18-23)6-9-24-25-10-11-27(31(25,3)16-13-26(24)30)28-14-17-37-29(32-28)20-4-7-22(8-5-20)33(35)36/h4-8,23-28H,9-18H2,1-3H3/t23-,24-,25-,26-,27+,28-,30-,31-/m0/s1. The van der Waals surface area contributed by atoms with Crippen LogP contribution in [0, 0.1) is 44.6 Å². The first-order valence-corrected chi connectivity index (χ1v) is 14.5. The maximum atomic E-state index is 11.6. The third kappa shape index (κ3) is 4.17. The Bertz CT molecular complexity index is 1180. The van der Waals surface area contributed by atoms with Crippen molar-refractivity contribution in [1.29, 1.82) is 0 Å². The minimum absolute atomic E-state index is 0.0458. The van der Waals surface area contributed by atoms with Gasteiger partial charge in [0.1, 0.15) is 6.10 Å². The van der Waals surface area contributed by atoms with Gasteiger partial charge in [-0.05, 0) is 91.6 Å². The van der Waals surface area contributed by atoms with Crippen molar-refractivity contribution in [3.05, 3.63) is 51.6 Å². The summed E-state index contributed by atoms with van der Waals surface area (Å²) in [5, 5.41) is 11.1. The maximum absolute atomic E-state index is 11.6. The molecule has 1 aromatic rings. The van der Waals surface area contributed by atoms with Crippen LogP contribution in [0.2, 0.25) is 0 Å². The minimum Gasteiger partial charge on any atom is -0.477 e. The van der Waals surface area contributed by atoms with Crippen molar-refractivity contribution in [1.82, 2.24) is 0 Å². The van der Waals surface area contributed by atoms with Crippen molar-refractivity contribution < 1.29 is 19.2 Å². The summed E-state index contributed by atoms with van der Waals surface area (Å²) in [4.78, 5) is 27.4. The molecule has 0 bridgehead atoms. The maximum Gasteiger partial charge on any atom is 0.302 e. The Labute approximate surface area is 225 Å². The molecule has 0 unspecified atom stereocenters. The van der Waals surface area contributed by atoms with Crippen LogP contribution < -0.4 is 0 Å². The number of fused-ring (bicyclic) bond motifs is 5. The van der Waals surface area contributed by atoms with E-state index in [0.717, 1.165) is 43.6 Å². The number of carbonyl (C=O) groups excluding carboxylic acids is 1. The predicted molar refractivity (Wildman–Crippen MR) is 145 cm³/mol. The van der Waals surface area contributed by atoms with Gasteiger partial charge in [0.2, 0.25) is 5.90 Å². The SMILES string of the molecule is CC(=O)O[C@H]1CC[C@@]2(C)C(=CC[C@H]3[C@@H]4CC[C@H]([C@@H]5CCOC(c6ccc([N+](=O)[O-])cc6)=N5)[C@@]4(C)CC[C@@H]32)C1. The summed E-state index contributed by atoms with van der Waals surface area (Å²) in [7, 11) is 0. The summed E-state index contributed by atoms with van der Waals surface area (Å²) in [5.41, 5.74) is 2.97. The van der Waals surface area contributed by atoms with Gasteiger partial charge in [0.25, 0.3) is 5.69 Å². The smallest absolute Gasteiger partial charge is 0.302 e. The van der Waals surface area contributed by atoms with Gasteiger partial charge >= 0.3 is 5.97 Å². The van der Waals surface area contributed by atoms with Crippen molar-refractivity contribution in [3.8, 4) is 0 Å². The Hall–Kier alpha value is -2.70. The Balaban J connectivity index is 1.21. The molecule has 3 fully saturated rings. The van der Waals surface area contributed by atoms with E-state index in [9.17, 15) is 14.9 Å². The Kier molecular flexibility index (Phi) is 6.39. The zero-order valence-electron chi connectivity index (χ0n) is 22.9. The molecule has 0 N–H and O–H groups in total. The number of rotatable bonds is 4. The van der Waals surface area contributed by atoms with Gasteiger partial charge in [-0.25, -0.2) is 4.99 Å². The van der Waals surface area contributed by atoms with Crippen molar-refractivity contribution in [3.63, 3.8) is 0 Å². The molecule has 7 nitrogen and oxygen atoms in total. The number of nitro benzene ring substituents is 1. The summed E-state index contributed by atoms with van der Waals surface area (Å²) in [6.07, 6.45) is 12.7. The van der Waals surface area contributed by atoms with Crippen LogP contribution in [0.1, 0.15) is 84.1 Å². The molecule has 0 spiro atoms. The molecule has 0 aromatic heterocycles. The number of hydrogen-bond acceptors (Lipinski definition) is 6. The van der Waals surface area contributed by atoms with Crippen LogP contribution >= 0.6 is 0 Å². The molecule has 1 heterocycles. The summed E-state index contributed by atoms with van der Waals surface area (Å²) in [6, 6.07) is 6.82. The zero-order valence-corrected chi connectivity index (χ0v) is 22.9. The molecule has 4 aliphatic carbocycles.